The largest absolute Gasteiger partial charge is 0.397 e. The van der Waals surface area contributed by atoms with Crippen LogP contribution in [0.15, 0.2) is 12.1 Å². The number of hydrogen-bond acceptors (Lipinski definition) is 4. The molecule has 0 fully saturated rings. The number of aliphatic hydroxyl groups is 1. The fourth-order valence-electron chi connectivity index (χ4n) is 2.05. The van der Waals surface area contributed by atoms with Crippen LogP contribution in [0.2, 0.25) is 0 Å². The topological polar surface area (TPSA) is 87.4 Å². The van der Waals surface area contributed by atoms with E-state index < -0.39 is 6.10 Å². The Labute approximate surface area is 113 Å². The van der Waals surface area contributed by atoms with Gasteiger partial charge in [0.15, 0.2) is 0 Å². The minimum absolute atomic E-state index is 0.0304. The maximum absolute atomic E-state index is 11.3. The van der Waals surface area contributed by atoms with E-state index in [0.717, 1.165) is 23.4 Å². The second-order valence-electron chi connectivity index (χ2n) is 5.34. The van der Waals surface area contributed by atoms with Gasteiger partial charge in [-0.2, -0.15) is 0 Å². The van der Waals surface area contributed by atoms with Crippen molar-refractivity contribution in [1.82, 2.24) is 0 Å². The molecule has 1 heterocycles. The number of benzene rings is 1. The number of nitrogens with one attached hydrogen (secondary N) is 2. The predicted molar refractivity (Wildman–Crippen MR) is 77.1 cm³/mol. The number of amides is 1. The highest BCUT2D eigenvalue weighted by atomic mass is 16.3. The quantitative estimate of drug-likeness (QED) is 0.621. The van der Waals surface area contributed by atoms with E-state index in [0.29, 0.717) is 18.7 Å². The molecule has 5 nitrogen and oxygen atoms in total. The Morgan fingerprint density at radius 2 is 2.16 bits per heavy atom. The summed E-state index contributed by atoms with van der Waals surface area (Å²) in [5, 5.41) is 15.8. The second kappa shape index (κ2) is 5.48. The first-order valence-electron chi connectivity index (χ1n) is 6.61. The molecule has 5 heteroatoms. The summed E-state index contributed by atoms with van der Waals surface area (Å²) in [6.07, 6.45) is 0.823. The van der Waals surface area contributed by atoms with Crippen LogP contribution in [0.1, 0.15) is 25.8 Å². The summed E-state index contributed by atoms with van der Waals surface area (Å²) in [6.45, 7) is 4.41. The standard InChI is InChI=1S/C14H21N3O2/c1-8(2)13(18)7-16-12-5-9-3-4-14(19)17-11(9)6-10(12)15/h5-6,8,13,16,18H,3-4,7,15H2,1-2H3,(H,17,19). The lowest BCUT2D eigenvalue weighted by atomic mass is 10.0. The Hall–Kier alpha value is -1.75. The van der Waals surface area contributed by atoms with Gasteiger partial charge in [0.1, 0.15) is 0 Å². The van der Waals surface area contributed by atoms with Gasteiger partial charge in [0.2, 0.25) is 5.91 Å². The zero-order valence-electron chi connectivity index (χ0n) is 11.4. The van der Waals surface area contributed by atoms with Gasteiger partial charge >= 0.3 is 0 Å². The molecular formula is C14H21N3O2. The van der Waals surface area contributed by atoms with Gasteiger partial charge < -0.3 is 21.5 Å². The van der Waals surface area contributed by atoms with E-state index in [1.807, 2.05) is 19.9 Å². The van der Waals surface area contributed by atoms with Crippen LogP contribution in [0.25, 0.3) is 0 Å². The minimum atomic E-state index is -0.407. The maximum atomic E-state index is 11.3. The summed E-state index contributed by atoms with van der Waals surface area (Å²) in [5.41, 5.74) is 9.23. The number of anilines is 3. The van der Waals surface area contributed by atoms with Crippen molar-refractivity contribution in [3.05, 3.63) is 17.7 Å². The number of hydrogen-bond donors (Lipinski definition) is 4. The summed E-state index contributed by atoms with van der Waals surface area (Å²) in [4.78, 5) is 11.3. The molecular weight excluding hydrogens is 242 g/mol. The summed E-state index contributed by atoms with van der Waals surface area (Å²) in [6, 6.07) is 3.73. The average molecular weight is 263 g/mol. The lowest BCUT2D eigenvalue weighted by Crippen LogP contribution is -2.25. The zero-order valence-corrected chi connectivity index (χ0v) is 11.4. The summed E-state index contributed by atoms with van der Waals surface area (Å²) in [5.74, 6) is 0.230. The van der Waals surface area contributed by atoms with Crippen molar-refractivity contribution >= 4 is 23.0 Å². The normalized spacial score (nSPS) is 15.9. The number of aryl methyl sites for hydroxylation is 1. The van der Waals surface area contributed by atoms with Crippen LogP contribution in [0.5, 0.6) is 0 Å². The smallest absolute Gasteiger partial charge is 0.224 e. The van der Waals surface area contributed by atoms with Gasteiger partial charge in [-0.1, -0.05) is 13.8 Å². The first kappa shape index (κ1) is 13.7. The summed E-state index contributed by atoms with van der Waals surface area (Å²) in [7, 11) is 0. The van der Waals surface area contributed by atoms with Crippen LogP contribution >= 0.6 is 0 Å². The highest BCUT2D eigenvalue weighted by molar-refractivity contribution is 5.95. The minimum Gasteiger partial charge on any atom is -0.397 e. The summed E-state index contributed by atoms with van der Waals surface area (Å²) < 4.78 is 0. The Morgan fingerprint density at radius 3 is 2.84 bits per heavy atom. The number of carbonyl (C=O) groups excluding carboxylic acids is 1. The zero-order chi connectivity index (χ0) is 14.0. The molecule has 0 aromatic heterocycles. The molecule has 0 saturated heterocycles. The van der Waals surface area contributed by atoms with E-state index >= 15 is 0 Å². The van der Waals surface area contributed by atoms with Crippen LogP contribution < -0.4 is 16.4 Å². The molecule has 0 saturated carbocycles. The van der Waals surface area contributed by atoms with Gasteiger partial charge in [0.25, 0.3) is 0 Å². The second-order valence-corrected chi connectivity index (χ2v) is 5.34. The molecule has 5 N–H and O–H groups in total. The number of nitrogen functional groups attached to an aromatic ring is 1. The number of carbonyl (C=O) groups is 1. The first-order chi connectivity index (χ1) is 8.97. The molecule has 104 valence electrons. The van der Waals surface area contributed by atoms with Crippen molar-refractivity contribution in [2.45, 2.75) is 32.8 Å². The number of rotatable bonds is 4. The van der Waals surface area contributed by atoms with E-state index in [1.54, 1.807) is 6.07 Å². The fraction of sp³-hybridized carbons (Fsp3) is 0.500. The van der Waals surface area contributed by atoms with E-state index in [9.17, 15) is 9.90 Å². The van der Waals surface area contributed by atoms with Crippen molar-refractivity contribution in [3.63, 3.8) is 0 Å². The number of nitrogens with two attached hydrogens (primary N) is 1. The van der Waals surface area contributed by atoms with Crippen molar-refractivity contribution in [2.75, 3.05) is 22.9 Å². The molecule has 1 amide bonds. The Kier molecular flexibility index (Phi) is 3.95. The van der Waals surface area contributed by atoms with Gasteiger partial charge in [-0.25, -0.2) is 0 Å². The molecule has 0 spiro atoms. The van der Waals surface area contributed by atoms with Crippen LogP contribution in [-0.2, 0) is 11.2 Å². The highest BCUT2D eigenvalue weighted by Crippen LogP contribution is 2.31. The van der Waals surface area contributed by atoms with E-state index in [-0.39, 0.29) is 11.8 Å². The molecule has 0 bridgehead atoms. The van der Waals surface area contributed by atoms with Crippen molar-refractivity contribution in [3.8, 4) is 0 Å². The van der Waals surface area contributed by atoms with Crippen LogP contribution in [0.4, 0.5) is 17.1 Å². The molecule has 0 radical (unpaired) electrons. The molecule has 2 rings (SSSR count). The number of aliphatic hydroxyl groups excluding tert-OH is 1. The van der Waals surface area contributed by atoms with Gasteiger partial charge in [-0.15, -0.1) is 0 Å². The molecule has 0 aliphatic carbocycles. The van der Waals surface area contributed by atoms with Gasteiger partial charge in [-0.05, 0) is 30.0 Å². The van der Waals surface area contributed by atoms with Crippen molar-refractivity contribution in [1.29, 1.82) is 0 Å². The van der Waals surface area contributed by atoms with E-state index in [2.05, 4.69) is 10.6 Å². The first-order valence-corrected chi connectivity index (χ1v) is 6.61. The molecule has 1 aromatic carbocycles. The predicted octanol–water partition coefficient (Wildman–Crippen LogP) is 1.58. The molecule has 1 atom stereocenters. The Morgan fingerprint density at radius 1 is 1.42 bits per heavy atom. The Bertz CT molecular complexity index is 486. The molecule has 1 aliphatic heterocycles. The average Bonchev–Trinajstić information content (AvgIpc) is 2.35. The molecule has 1 aromatic rings. The van der Waals surface area contributed by atoms with Crippen LogP contribution in [0, 0.1) is 5.92 Å². The number of fused-ring (bicyclic) bond motifs is 1. The summed E-state index contributed by atoms with van der Waals surface area (Å²) >= 11 is 0. The maximum Gasteiger partial charge on any atom is 0.224 e. The third kappa shape index (κ3) is 3.17. The third-order valence-electron chi connectivity index (χ3n) is 3.44. The van der Waals surface area contributed by atoms with Crippen molar-refractivity contribution < 1.29 is 9.90 Å². The van der Waals surface area contributed by atoms with Gasteiger partial charge in [0, 0.05) is 18.7 Å². The molecule has 1 unspecified atom stereocenters. The van der Waals surface area contributed by atoms with Crippen LogP contribution in [-0.4, -0.2) is 23.7 Å². The van der Waals surface area contributed by atoms with Crippen molar-refractivity contribution in [2.24, 2.45) is 5.92 Å². The van der Waals surface area contributed by atoms with Gasteiger partial charge in [0.05, 0.1) is 17.5 Å². The SMILES string of the molecule is CC(C)C(O)CNc1cc2c(cc1N)NC(=O)CC2. The molecule has 19 heavy (non-hydrogen) atoms. The monoisotopic (exact) mass is 263 g/mol. The highest BCUT2D eigenvalue weighted by Gasteiger charge is 2.17. The van der Waals surface area contributed by atoms with E-state index in [4.69, 9.17) is 5.73 Å². The van der Waals surface area contributed by atoms with E-state index in [1.165, 1.54) is 0 Å². The third-order valence-corrected chi connectivity index (χ3v) is 3.44. The van der Waals surface area contributed by atoms with Crippen LogP contribution in [0.3, 0.4) is 0 Å². The lowest BCUT2D eigenvalue weighted by molar-refractivity contribution is -0.116. The Balaban J connectivity index is 2.12. The lowest BCUT2D eigenvalue weighted by Gasteiger charge is -2.21. The fourth-order valence-corrected chi connectivity index (χ4v) is 2.05. The van der Waals surface area contributed by atoms with Gasteiger partial charge in [-0.3, -0.25) is 4.79 Å². The molecule has 1 aliphatic rings.